The summed E-state index contributed by atoms with van der Waals surface area (Å²) in [4.78, 5) is 19.1. The van der Waals surface area contributed by atoms with Crippen molar-refractivity contribution < 1.29 is 4.79 Å². The molecule has 0 radical (unpaired) electrons. The number of rotatable bonds is 6. The van der Waals surface area contributed by atoms with Crippen LogP contribution >= 0.6 is 57.1 Å². The summed E-state index contributed by atoms with van der Waals surface area (Å²) in [6.45, 7) is 0. The van der Waals surface area contributed by atoms with Crippen molar-refractivity contribution in [2.24, 2.45) is 0 Å². The Labute approximate surface area is 163 Å². The van der Waals surface area contributed by atoms with Crippen LogP contribution < -0.4 is 5.32 Å². The van der Waals surface area contributed by atoms with E-state index in [4.69, 9.17) is 0 Å². The minimum Gasteiger partial charge on any atom is -0.295 e. The number of anilines is 1. The van der Waals surface area contributed by atoms with E-state index < -0.39 is 0 Å². The molecule has 0 saturated heterocycles. The van der Waals surface area contributed by atoms with Gasteiger partial charge in [0.25, 0.3) is 5.91 Å². The standard InChI is InChI=1S/C15H10N4OS5/c20-12(10-8-23-13(16-10)11-4-2-6-22-11)17-14-18-19-15(25-14)24-7-9-3-1-5-21-9/h1-6,8H,7H2,(H,17,18,20). The summed E-state index contributed by atoms with van der Waals surface area (Å²) in [6, 6.07) is 8.09. The number of amides is 1. The minimum absolute atomic E-state index is 0.259. The number of thiazole rings is 1. The van der Waals surface area contributed by atoms with E-state index >= 15 is 0 Å². The molecule has 0 aliphatic heterocycles. The molecule has 126 valence electrons. The lowest BCUT2D eigenvalue weighted by Gasteiger charge is -1.96. The highest BCUT2D eigenvalue weighted by molar-refractivity contribution is 8.00. The number of nitrogens with zero attached hydrogens (tertiary/aromatic N) is 3. The molecule has 10 heteroatoms. The van der Waals surface area contributed by atoms with E-state index in [2.05, 4.69) is 31.9 Å². The van der Waals surface area contributed by atoms with Crippen molar-refractivity contribution >= 4 is 68.1 Å². The van der Waals surface area contributed by atoms with Crippen LogP contribution in [0.5, 0.6) is 0 Å². The average Bonchev–Trinajstić information content (AvgIpc) is 3.40. The Morgan fingerprint density at radius 2 is 2.00 bits per heavy atom. The molecule has 1 N–H and O–H groups in total. The predicted octanol–water partition coefficient (Wildman–Crippen LogP) is 5.33. The number of hydrogen-bond acceptors (Lipinski definition) is 9. The maximum atomic E-state index is 12.3. The molecule has 5 nitrogen and oxygen atoms in total. The number of thioether (sulfide) groups is 1. The van der Waals surface area contributed by atoms with Gasteiger partial charge < -0.3 is 0 Å². The maximum absolute atomic E-state index is 12.3. The van der Waals surface area contributed by atoms with Gasteiger partial charge in [0.2, 0.25) is 5.13 Å². The van der Waals surface area contributed by atoms with E-state index in [9.17, 15) is 4.79 Å². The van der Waals surface area contributed by atoms with Crippen LogP contribution in [0.1, 0.15) is 15.4 Å². The molecule has 0 aromatic carbocycles. The van der Waals surface area contributed by atoms with Gasteiger partial charge in [-0.1, -0.05) is 35.2 Å². The van der Waals surface area contributed by atoms with Crippen LogP contribution in [0.25, 0.3) is 9.88 Å². The van der Waals surface area contributed by atoms with Crippen LogP contribution in [0.2, 0.25) is 0 Å². The molecule has 0 aliphatic rings. The summed E-state index contributed by atoms with van der Waals surface area (Å²) in [6.07, 6.45) is 0. The molecule has 1 amide bonds. The fourth-order valence-corrected chi connectivity index (χ4v) is 6.03. The van der Waals surface area contributed by atoms with Gasteiger partial charge in [-0.15, -0.1) is 44.2 Å². The molecule has 4 aromatic rings. The summed E-state index contributed by atoms with van der Waals surface area (Å²) in [5.74, 6) is 0.598. The Bertz CT molecular complexity index is 958. The minimum atomic E-state index is -0.259. The van der Waals surface area contributed by atoms with Gasteiger partial charge in [-0.05, 0) is 22.9 Å². The molecular formula is C15H10N4OS5. The molecule has 4 heterocycles. The second kappa shape index (κ2) is 7.75. The fourth-order valence-electron chi connectivity index (χ4n) is 1.90. The van der Waals surface area contributed by atoms with Crippen molar-refractivity contribution in [2.45, 2.75) is 10.1 Å². The first-order chi connectivity index (χ1) is 12.3. The summed E-state index contributed by atoms with van der Waals surface area (Å²) in [7, 11) is 0. The Morgan fingerprint density at radius 3 is 2.80 bits per heavy atom. The zero-order valence-corrected chi connectivity index (χ0v) is 16.6. The van der Waals surface area contributed by atoms with E-state index in [-0.39, 0.29) is 5.91 Å². The third kappa shape index (κ3) is 4.15. The first-order valence-corrected chi connectivity index (χ1v) is 11.5. The second-order valence-electron chi connectivity index (χ2n) is 4.71. The molecule has 0 bridgehead atoms. The first-order valence-electron chi connectivity index (χ1n) is 7.07. The molecule has 4 aromatic heterocycles. The summed E-state index contributed by atoms with van der Waals surface area (Å²) < 4.78 is 0.834. The van der Waals surface area contributed by atoms with E-state index in [1.54, 1.807) is 39.8 Å². The average molecular weight is 423 g/mol. The van der Waals surface area contributed by atoms with Crippen LogP contribution in [0.15, 0.2) is 44.7 Å². The maximum Gasteiger partial charge on any atom is 0.276 e. The number of thiophene rings is 2. The van der Waals surface area contributed by atoms with Crippen molar-refractivity contribution in [3.05, 3.63) is 51.0 Å². The zero-order valence-electron chi connectivity index (χ0n) is 12.5. The predicted molar refractivity (Wildman–Crippen MR) is 107 cm³/mol. The highest BCUT2D eigenvalue weighted by Gasteiger charge is 2.15. The third-order valence-electron chi connectivity index (χ3n) is 3.01. The lowest BCUT2D eigenvalue weighted by atomic mass is 10.4. The second-order valence-corrected chi connectivity index (χ2v) is 9.75. The van der Waals surface area contributed by atoms with Crippen molar-refractivity contribution in [1.82, 2.24) is 15.2 Å². The largest absolute Gasteiger partial charge is 0.295 e. The molecule has 0 spiro atoms. The molecule has 4 rings (SSSR count). The van der Waals surface area contributed by atoms with Crippen molar-refractivity contribution in [3.8, 4) is 9.88 Å². The van der Waals surface area contributed by atoms with Gasteiger partial charge in [0, 0.05) is 16.0 Å². The van der Waals surface area contributed by atoms with E-state index in [0.717, 1.165) is 20.0 Å². The first kappa shape index (κ1) is 16.9. The van der Waals surface area contributed by atoms with Gasteiger partial charge in [-0.3, -0.25) is 10.1 Å². The SMILES string of the molecule is O=C(Nc1nnc(SCc2cccs2)s1)c1csc(-c2cccs2)n1. The van der Waals surface area contributed by atoms with Crippen LogP contribution in [0, 0.1) is 0 Å². The van der Waals surface area contributed by atoms with Crippen LogP contribution in [-0.2, 0) is 5.75 Å². The van der Waals surface area contributed by atoms with E-state index in [0.29, 0.717) is 10.8 Å². The van der Waals surface area contributed by atoms with E-state index in [1.807, 2.05) is 23.6 Å². The van der Waals surface area contributed by atoms with Crippen molar-refractivity contribution in [2.75, 3.05) is 5.32 Å². The Hall–Kier alpha value is -1.59. The zero-order chi connectivity index (χ0) is 17.1. The molecule has 25 heavy (non-hydrogen) atoms. The number of carbonyl (C=O) groups excluding carboxylic acids is 1. The van der Waals surface area contributed by atoms with Gasteiger partial charge >= 0.3 is 0 Å². The van der Waals surface area contributed by atoms with Crippen molar-refractivity contribution in [1.29, 1.82) is 0 Å². The van der Waals surface area contributed by atoms with Gasteiger partial charge in [0.1, 0.15) is 10.7 Å². The molecule has 0 fully saturated rings. The number of nitrogens with one attached hydrogen (secondary N) is 1. The molecule has 0 atom stereocenters. The summed E-state index contributed by atoms with van der Waals surface area (Å²) in [5, 5.41) is 18.1. The van der Waals surface area contributed by atoms with Crippen LogP contribution in [0.3, 0.4) is 0 Å². The number of carbonyl (C=O) groups is 1. The highest BCUT2D eigenvalue weighted by Crippen LogP contribution is 2.30. The lowest BCUT2D eigenvalue weighted by molar-refractivity contribution is 0.102. The molecule has 0 saturated carbocycles. The third-order valence-corrected chi connectivity index (χ3v) is 7.98. The normalized spacial score (nSPS) is 10.9. The molecular weight excluding hydrogens is 413 g/mol. The van der Waals surface area contributed by atoms with Crippen LogP contribution in [-0.4, -0.2) is 21.1 Å². The summed E-state index contributed by atoms with van der Waals surface area (Å²) in [5.41, 5.74) is 0.399. The fraction of sp³-hybridized carbons (Fsp3) is 0.0667. The van der Waals surface area contributed by atoms with Gasteiger partial charge in [0.15, 0.2) is 4.34 Å². The van der Waals surface area contributed by atoms with Crippen molar-refractivity contribution in [3.63, 3.8) is 0 Å². The van der Waals surface area contributed by atoms with Crippen LogP contribution in [0.4, 0.5) is 5.13 Å². The van der Waals surface area contributed by atoms with Gasteiger partial charge in [0.05, 0.1) is 4.88 Å². The molecule has 0 aliphatic carbocycles. The Morgan fingerprint density at radius 1 is 1.12 bits per heavy atom. The lowest BCUT2D eigenvalue weighted by Crippen LogP contribution is -2.12. The molecule has 0 unspecified atom stereocenters. The smallest absolute Gasteiger partial charge is 0.276 e. The highest BCUT2D eigenvalue weighted by atomic mass is 32.2. The number of hydrogen-bond donors (Lipinski definition) is 1. The monoisotopic (exact) mass is 422 g/mol. The Kier molecular flexibility index (Phi) is 5.22. The topological polar surface area (TPSA) is 67.8 Å². The summed E-state index contributed by atoms with van der Waals surface area (Å²) >= 11 is 7.77. The Balaban J connectivity index is 1.38. The number of aromatic nitrogens is 3. The van der Waals surface area contributed by atoms with E-state index in [1.165, 1.54) is 27.6 Å². The van der Waals surface area contributed by atoms with Gasteiger partial charge in [-0.2, -0.15) is 0 Å². The van der Waals surface area contributed by atoms with Gasteiger partial charge in [-0.25, -0.2) is 4.98 Å². The quantitative estimate of drug-likeness (QED) is 0.336.